The number of para-hydroxylation sites is 3. The molecule has 13 heteroatoms. The summed E-state index contributed by atoms with van der Waals surface area (Å²) in [5.74, 6) is -0.779. The molecule has 0 aliphatic carbocycles. The second-order valence-electron chi connectivity index (χ2n) is 9.59. The van der Waals surface area contributed by atoms with Crippen LogP contribution < -0.4 is 14.4 Å². The number of fused-ring (bicyclic) bond motifs is 1. The van der Waals surface area contributed by atoms with Crippen molar-refractivity contribution in [1.29, 1.82) is 0 Å². The van der Waals surface area contributed by atoms with Crippen molar-refractivity contribution in [2.75, 3.05) is 17.5 Å². The number of anilines is 1. The molecule has 0 radical (unpaired) electrons. The second-order valence-corrected chi connectivity index (χ2v) is 11.4. The van der Waals surface area contributed by atoms with Gasteiger partial charge in [-0.3, -0.25) is 19.2 Å². The minimum atomic E-state index is -5.01. The number of nitro benzene ring substituents is 1. The molecule has 4 aromatic rings. The highest BCUT2D eigenvalue weighted by atomic mass is 32.2. The SMILES string of the molecule is O=C(NCCOc1ccccc1[N+](=O)[O-])[C@@H]1Cc2ccccc2N1S(=O)(=O)c1ccc(-c2ccccc2)cc1C(F)(F)F. The molecule has 1 N–H and O–H groups in total. The Kier molecular flexibility index (Phi) is 8.09. The minimum Gasteiger partial charge on any atom is -0.485 e. The Balaban J connectivity index is 1.43. The summed E-state index contributed by atoms with van der Waals surface area (Å²) in [5, 5.41) is 13.7. The lowest BCUT2D eigenvalue weighted by molar-refractivity contribution is -0.385. The molecule has 222 valence electrons. The predicted molar refractivity (Wildman–Crippen MR) is 152 cm³/mol. The number of hydrogen-bond acceptors (Lipinski definition) is 6. The fraction of sp³-hybridized carbons (Fsp3) is 0.167. The molecule has 0 saturated carbocycles. The number of ether oxygens (including phenoxy) is 1. The molecule has 1 amide bonds. The van der Waals surface area contributed by atoms with Crippen LogP contribution in [0.25, 0.3) is 11.1 Å². The molecular formula is C30H24F3N3O6S. The minimum absolute atomic E-state index is 0.0159. The first-order valence-electron chi connectivity index (χ1n) is 13.0. The quantitative estimate of drug-likeness (QED) is 0.150. The Morgan fingerprint density at radius 3 is 2.35 bits per heavy atom. The van der Waals surface area contributed by atoms with E-state index in [-0.39, 0.29) is 42.3 Å². The Hall–Kier alpha value is -4.91. The number of nitrogens with one attached hydrogen (secondary N) is 1. The van der Waals surface area contributed by atoms with Crippen molar-refractivity contribution in [2.45, 2.75) is 23.5 Å². The third-order valence-electron chi connectivity index (χ3n) is 6.88. The topological polar surface area (TPSA) is 119 Å². The zero-order chi connectivity index (χ0) is 30.8. The second kappa shape index (κ2) is 11.8. The molecule has 0 spiro atoms. The van der Waals surface area contributed by atoms with Crippen molar-refractivity contribution < 1.29 is 36.0 Å². The van der Waals surface area contributed by atoms with Crippen molar-refractivity contribution >= 4 is 27.3 Å². The van der Waals surface area contributed by atoms with Gasteiger partial charge in [0.1, 0.15) is 12.6 Å². The molecule has 43 heavy (non-hydrogen) atoms. The number of sulfonamides is 1. The summed E-state index contributed by atoms with van der Waals surface area (Å²) >= 11 is 0. The summed E-state index contributed by atoms with van der Waals surface area (Å²) in [5.41, 5.74) is -0.396. The molecule has 0 fully saturated rings. The fourth-order valence-electron chi connectivity index (χ4n) is 4.93. The number of halogens is 3. The number of amides is 1. The van der Waals surface area contributed by atoms with E-state index in [2.05, 4.69) is 5.32 Å². The van der Waals surface area contributed by atoms with Gasteiger partial charge in [-0.1, -0.05) is 66.7 Å². The normalized spacial score (nSPS) is 14.7. The first kappa shape index (κ1) is 29.6. The number of carbonyl (C=O) groups excluding carboxylic acids is 1. The van der Waals surface area contributed by atoms with Gasteiger partial charge >= 0.3 is 11.9 Å². The van der Waals surface area contributed by atoms with Crippen molar-refractivity contribution in [3.05, 3.63) is 118 Å². The van der Waals surface area contributed by atoms with Crippen LogP contribution in [-0.4, -0.2) is 38.4 Å². The highest BCUT2D eigenvalue weighted by molar-refractivity contribution is 7.93. The van der Waals surface area contributed by atoms with Crippen LogP contribution in [0.2, 0.25) is 0 Å². The van der Waals surface area contributed by atoms with Gasteiger partial charge in [-0.15, -0.1) is 0 Å². The first-order valence-corrected chi connectivity index (χ1v) is 14.5. The lowest BCUT2D eigenvalue weighted by Gasteiger charge is -2.28. The number of nitrogens with zero attached hydrogens (tertiary/aromatic N) is 2. The van der Waals surface area contributed by atoms with Crippen molar-refractivity contribution in [3.8, 4) is 16.9 Å². The van der Waals surface area contributed by atoms with Crippen LogP contribution in [-0.2, 0) is 27.4 Å². The van der Waals surface area contributed by atoms with E-state index in [4.69, 9.17) is 4.74 Å². The molecule has 9 nitrogen and oxygen atoms in total. The number of nitro groups is 1. The van der Waals surface area contributed by atoms with Gasteiger partial charge in [-0.2, -0.15) is 13.2 Å². The molecule has 1 heterocycles. The lowest BCUT2D eigenvalue weighted by atomic mass is 10.0. The van der Waals surface area contributed by atoms with Gasteiger partial charge in [0.25, 0.3) is 10.0 Å². The zero-order valence-electron chi connectivity index (χ0n) is 22.3. The molecule has 4 aromatic carbocycles. The summed E-state index contributed by atoms with van der Waals surface area (Å²) in [6.07, 6.45) is -5.09. The van der Waals surface area contributed by atoms with Crippen LogP contribution >= 0.6 is 0 Å². The van der Waals surface area contributed by atoms with Crippen LogP contribution in [0.15, 0.2) is 102 Å². The number of rotatable bonds is 9. The third-order valence-corrected chi connectivity index (χ3v) is 8.76. The third kappa shape index (κ3) is 6.02. The number of hydrogen-bond donors (Lipinski definition) is 1. The van der Waals surface area contributed by atoms with E-state index in [0.29, 0.717) is 11.1 Å². The molecule has 1 aliphatic heterocycles. The summed E-state index contributed by atoms with van der Waals surface area (Å²) in [6, 6.07) is 21.7. The van der Waals surface area contributed by atoms with Crippen molar-refractivity contribution in [1.82, 2.24) is 5.32 Å². The summed E-state index contributed by atoms with van der Waals surface area (Å²) in [6.45, 7) is -0.326. The van der Waals surface area contributed by atoms with E-state index >= 15 is 0 Å². The smallest absolute Gasteiger partial charge is 0.417 e. The van der Waals surface area contributed by atoms with Gasteiger partial charge in [0.2, 0.25) is 5.91 Å². The van der Waals surface area contributed by atoms with Crippen LogP contribution in [0.3, 0.4) is 0 Å². The average molecular weight is 612 g/mol. The summed E-state index contributed by atoms with van der Waals surface area (Å²) < 4.78 is 77.1. The van der Waals surface area contributed by atoms with E-state index in [0.717, 1.165) is 16.4 Å². The molecule has 1 atom stereocenters. The average Bonchev–Trinajstić information content (AvgIpc) is 3.40. The Morgan fingerprint density at radius 2 is 1.63 bits per heavy atom. The molecule has 0 aromatic heterocycles. The highest BCUT2D eigenvalue weighted by Crippen LogP contribution is 2.42. The van der Waals surface area contributed by atoms with Gasteiger partial charge in [0, 0.05) is 12.5 Å². The monoisotopic (exact) mass is 611 g/mol. The lowest BCUT2D eigenvalue weighted by Crippen LogP contribution is -2.49. The van der Waals surface area contributed by atoms with E-state index < -0.39 is 43.5 Å². The fourth-order valence-corrected chi connectivity index (χ4v) is 6.78. The maximum atomic E-state index is 14.3. The van der Waals surface area contributed by atoms with Crippen LogP contribution in [0.5, 0.6) is 5.75 Å². The molecule has 0 saturated heterocycles. The predicted octanol–water partition coefficient (Wildman–Crippen LogP) is 5.60. The van der Waals surface area contributed by atoms with Crippen molar-refractivity contribution in [3.63, 3.8) is 0 Å². The van der Waals surface area contributed by atoms with E-state index in [1.807, 2.05) is 0 Å². The van der Waals surface area contributed by atoms with Gasteiger partial charge in [0.05, 0.1) is 27.6 Å². The summed E-state index contributed by atoms with van der Waals surface area (Å²) in [4.78, 5) is 22.9. The summed E-state index contributed by atoms with van der Waals surface area (Å²) in [7, 11) is -4.90. The first-order chi connectivity index (χ1) is 20.5. The Morgan fingerprint density at radius 1 is 0.953 bits per heavy atom. The Labute approximate surface area is 244 Å². The molecular weight excluding hydrogens is 587 g/mol. The number of alkyl halides is 3. The van der Waals surface area contributed by atoms with E-state index in [9.17, 15) is 36.5 Å². The van der Waals surface area contributed by atoms with E-state index in [1.165, 1.54) is 36.4 Å². The molecule has 0 unspecified atom stereocenters. The van der Waals surface area contributed by atoms with Crippen LogP contribution in [0.1, 0.15) is 11.1 Å². The maximum Gasteiger partial charge on any atom is 0.417 e. The van der Waals surface area contributed by atoms with Gasteiger partial charge in [-0.25, -0.2) is 8.42 Å². The molecule has 5 rings (SSSR count). The van der Waals surface area contributed by atoms with Gasteiger partial charge < -0.3 is 10.1 Å². The number of carbonyl (C=O) groups is 1. The van der Waals surface area contributed by atoms with Gasteiger partial charge in [0.15, 0.2) is 5.75 Å². The van der Waals surface area contributed by atoms with E-state index in [1.54, 1.807) is 48.5 Å². The largest absolute Gasteiger partial charge is 0.485 e. The standard InChI is InChI=1S/C30H24F3N3O6S/c31-30(32,33)23-18-21(20-8-2-1-3-9-20)14-15-28(23)43(40,41)35-24-11-5-4-10-22(24)19-26(35)29(37)34-16-17-42-27-13-7-6-12-25(27)36(38)39/h1-15,18,26H,16-17,19H2,(H,34,37)/t26-/m0/s1. The number of benzene rings is 4. The van der Waals surface area contributed by atoms with Crippen LogP contribution in [0.4, 0.5) is 24.5 Å². The van der Waals surface area contributed by atoms with Crippen LogP contribution in [0, 0.1) is 10.1 Å². The molecule has 0 bridgehead atoms. The Bertz CT molecular complexity index is 1780. The van der Waals surface area contributed by atoms with Gasteiger partial charge in [-0.05, 0) is 41.0 Å². The zero-order valence-corrected chi connectivity index (χ0v) is 23.1. The van der Waals surface area contributed by atoms with Crippen molar-refractivity contribution in [2.24, 2.45) is 0 Å². The maximum absolute atomic E-state index is 14.3. The molecule has 1 aliphatic rings. The highest BCUT2D eigenvalue weighted by Gasteiger charge is 2.46.